The quantitative estimate of drug-likeness (QED) is 0.349. The number of nitro benzene ring substituents is 1. The maximum absolute atomic E-state index is 11.5. The first kappa shape index (κ1) is 18.4. The van der Waals surface area contributed by atoms with Crippen molar-refractivity contribution in [3.05, 3.63) is 100 Å². The summed E-state index contributed by atoms with van der Waals surface area (Å²) in [5, 5.41) is 16.6. The lowest BCUT2D eigenvalue weighted by atomic mass is 9.98. The van der Waals surface area contributed by atoms with Gasteiger partial charge in [-0.3, -0.25) is 14.9 Å². The van der Waals surface area contributed by atoms with Gasteiger partial charge in [-0.1, -0.05) is 42.5 Å². The normalized spacial score (nSPS) is 15.7. The number of rotatable bonds is 6. The van der Waals surface area contributed by atoms with Crippen LogP contribution in [0.15, 0.2) is 84.0 Å². The summed E-state index contributed by atoms with van der Waals surface area (Å²) >= 11 is 0. The molecule has 0 aliphatic carbocycles. The smallest absolute Gasteiger partial charge is 0.269 e. The Bertz CT molecular complexity index is 1050. The molecule has 0 spiro atoms. The van der Waals surface area contributed by atoms with Gasteiger partial charge in [0.25, 0.3) is 5.69 Å². The predicted molar refractivity (Wildman–Crippen MR) is 108 cm³/mol. The molecule has 0 fully saturated rings. The molecule has 0 saturated heterocycles. The van der Waals surface area contributed by atoms with Crippen LogP contribution in [0.1, 0.15) is 23.6 Å². The second-order valence-corrected chi connectivity index (χ2v) is 6.54. The molecule has 1 atom stereocenters. The third-order valence-corrected chi connectivity index (χ3v) is 4.71. The predicted octanol–water partition coefficient (Wildman–Crippen LogP) is 4.69. The first-order valence-corrected chi connectivity index (χ1v) is 9.03. The number of ether oxygens (including phenoxy) is 1. The van der Waals surface area contributed by atoms with Crippen molar-refractivity contribution in [3.63, 3.8) is 0 Å². The zero-order chi connectivity index (χ0) is 20.2. The molecule has 4 rings (SSSR count). The van der Waals surface area contributed by atoms with Gasteiger partial charge in [0.15, 0.2) is 0 Å². The lowest BCUT2D eigenvalue weighted by Gasteiger charge is -2.17. The van der Waals surface area contributed by atoms with E-state index in [9.17, 15) is 14.9 Å². The van der Waals surface area contributed by atoms with Gasteiger partial charge in [0.1, 0.15) is 11.5 Å². The molecule has 0 aromatic heterocycles. The first-order valence-electron chi connectivity index (χ1n) is 9.03. The van der Waals surface area contributed by atoms with Gasteiger partial charge in [-0.25, -0.2) is 5.01 Å². The Morgan fingerprint density at radius 1 is 0.966 bits per heavy atom. The van der Waals surface area contributed by atoms with E-state index in [0.717, 1.165) is 23.2 Å². The van der Waals surface area contributed by atoms with E-state index in [1.165, 1.54) is 17.1 Å². The molecule has 0 saturated carbocycles. The molecule has 1 aliphatic heterocycles. The number of amides is 1. The number of nitro groups is 1. The lowest BCUT2D eigenvalue weighted by Crippen LogP contribution is -2.17. The Balaban J connectivity index is 1.47. The average Bonchev–Trinajstić information content (AvgIpc) is 3.20. The minimum absolute atomic E-state index is 0.0112. The molecule has 1 heterocycles. The van der Waals surface area contributed by atoms with Crippen LogP contribution >= 0.6 is 0 Å². The summed E-state index contributed by atoms with van der Waals surface area (Å²) in [6.07, 6.45) is 1.37. The van der Waals surface area contributed by atoms with Crippen molar-refractivity contribution in [2.24, 2.45) is 5.10 Å². The van der Waals surface area contributed by atoms with Gasteiger partial charge >= 0.3 is 0 Å². The number of benzene rings is 3. The molecule has 0 N–H and O–H groups in total. The molecule has 1 unspecified atom stereocenters. The van der Waals surface area contributed by atoms with Crippen molar-refractivity contribution in [3.8, 4) is 11.5 Å². The van der Waals surface area contributed by atoms with Crippen LogP contribution in [0, 0.1) is 10.1 Å². The second kappa shape index (κ2) is 7.93. The lowest BCUT2D eigenvalue weighted by molar-refractivity contribution is -0.384. The molecule has 3 aromatic rings. The molecule has 7 nitrogen and oxygen atoms in total. The second-order valence-electron chi connectivity index (χ2n) is 6.54. The Hall–Kier alpha value is -4.00. The zero-order valence-corrected chi connectivity index (χ0v) is 15.3. The average molecular weight is 387 g/mol. The number of hydrogen-bond acceptors (Lipinski definition) is 5. The van der Waals surface area contributed by atoms with Crippen molar-refractivity contribution >= 4 is 17.8 Å². The van der Waals surface area contributed by atoms with Crippen LogP contribution < -0.4 is 4.74 Å². The van der Waals surface area contributed by atoms with Gasteiger partial charge in [0, 0.05) is 18.6 Å². The molecule has 144 valence electrons. The van der Waals surface area contributed by atoms with Gasteiger partial charge < -0.3 is 4.74 Å². The van der Waals surface area contributed by atoms with E-state index in [1.54, 1.807) is 24.3 Å². The van der Waals surface area contributed by atoms with Crippen LogP contribution in [0.5, 0.6) is 11.5 Å². The van der Waals surface area contributed by atoms with Crippen molar-refractivity contribution in [2.45, 2.75) is 12.5 Å². The molecule has 3 aromatic carbocycles. The molecule has 29 heavy (non-hydrogen) atoms. The van der Waals surface area contributed by atoms with Crippen LogP contribution in [-0.2, 0) is 4.79 Å². The van der Waals surface area contributed by atoms with Gasteiger partial charge in [0.2, 0.25) is 6.41 Å². The van der Waals surface area contributed by atoms with Crippen LogP contribution in [0.25, 0.3) is 0 Å². The fourth-order valence-electron chi connectivity index (χ4n) is 3.23. The molecule has 0 bridgehead atoms. The Morgan fingerprint density at radius 2 is 1.59 bits per heavy atom. The van der Waals surface area contributed by atoms with Gasteiger partial charge in [-0.15, -0.1) is 0 Å². The summed E-state index contributed by atoms with van der Waals surface area (Å²) in [6, 6.07) is 22.9. The SMILES string of the molecule is O=CN1N=C(c2ccccc2)CC1c1ccc(Oc2ccc([N+](=O)[O-])cc2)cc1. The number of carbonyl (C=O) groups is 1. The summed E-state index contributed by atoms with van der Waals surface area (Å²) in [5.41, 5.74) is 2.83. The fraction of sp³-hybridized carbons (Fsp3) is 0.0909. The molecular weight excluding hydrogens is 370 g/mol. The summed E-state index contributed by atoms with van der Waals surface area (Å²) in [6.45, 7) is 0. The minimum atomic E-state index is -0.454. The topological polar surface area (TPSA) is 85.0 Å². The monoisotopic (exact) mass is 387 g/mol. The van der Waals surface area contributed by atoms with Gasteiger partial charge in [-0.2, -0.15) is 5.10 Å². The van der Waals surface area contributed by atoms with E-state index >= 15 is 0 Å². The number of nitrogens with zero attached hydrogens (tertiary/aromatic N) is 3. The molecule has 7 heteroatoms. The highest BCUT2D eigenvalue weighted by Gasteiger charge is 2.28. The van der Waals surface area contributed by atoms with E-state index in [0.29, 0.717) is 17.9 Å². The van der Waals surface area contributed by atoms with Crippen molar-refractivity contribution in [1.82, 2.24) is 5.01 Å². The zero-order valence-electron chi connectivity index (χ0n) is 15.3. The molecular formula is C22H17N3O4. The number of hydrogen-bond donors (Lipinski definition) is 0. The summed E-state index contributed by atoms with van der Waals surface area (Å²) in [7, 11) is 0. The van der Waals surface area contributed by atoms with E-state index in [2.05, 4.69) is 5.10 Å². The van der Waals surface area contributed by atoms with Crippen molar-refractivity contribution in [1.29, 1.82) is 0 Å². The molecule has 0 radical (unpaired) electrons. The van der Waals surface area contributed by atoms with Gasteiger partial charge in [0.05, 0.1) is 16.7 Å². The maximum atomic E-state index is 11.5. The fourth-order valence-corrected chi connectivity index (χ4v) is 3.23. The van der Waals surface area contributed by atoms with Crippen LogP contribution in [0.3, 0.4) is 0 Å². The largest absolute Gasteiger partial charge is 0.457 e. The van der Waals surface area contributed by atoms with E-state index in [-0.39, 0.29) is 11.7 Å². The van der Waals surface area contributed by atoms with Crippen LogP contribution in [0.4, 0.5) is 5.69 Å². The van der Waals surface area contributed by atoms with Crippen LogP contribution in [0.2, 0.25) is 0 Å². The summed E-state index contributed by atoms with van der Waals surface area (Å²) in [5.74, 6) is 1.11. The van der Waals surface area contributed by atoms with Gasteiger partial charge in [-0.05, 0) is 35.4 Å². The van der Waals surface area contributed by atoms with E-state index < -0.39 is 4.92 Å². The minimum Gasteiger partial charge on any atom is -0.457 e. The van der Waals surface area contributed by atoms with E-state index in [1.807, 2.05) is 42.5 Å². The third-order valence-electron chi connectivity index (χ3n) is 4.71. The Morgan fingerprint density at radius 3 is 2.17 bits per heavy atom. The third kappa shape index (κ3) is 3.98. The maximum Gasteiger partial charge on any atom is 0.269 e. The number of non-ortho nitro benzene ring substituents is 1. The number of hydrazone groups is 1. The summed E-state index contributed by atoms with van der Waals surface area (Å²) in [4.78, 5) is 21.8. The van der Waals surface area contributed by atoms with Crippen LogP contribution in [-0.4, -0.2) is 22.1 Å². The highest BCUT2D eigenvalue weighted by molar-refractivity contribution is 6.02. The molecule has 1 aliphatic rings. The Labute approximate surface area is 167 Å². The summed E-state index contributed by atoms with van der Waals surface area (Å²) < 4.78 is 5.74. The van der Waals surface area contributed by atoms with Crippen molar-refractivity contribution in [2.75, 3.05) is 0 Å². The standard InChI is InChI=1S/C22H17N3O4/c26-15-24-22(14-21(23-24)16-4-2-1-3-5-16)17-6-10-19(11-7-17)29-20-12-8-18(9-13-20)25(27)28/h1-13,15,22H,14H2. The Kier molecular flexibility index (Phi) is 5.03. The molecule has 1 amide bonds. The van der Waals surface area contributed by atoms with Crippen molar-refractivity contribution < 1.29 is 14.5 Å². The highest BCUT2D eigenvalue weighted by atomic mass is 16.6. The highest BCUT2D eigenvalue weighted by Crippen LogP contribution is 2.33. The first-order chi connectivity index (χ1) is 14.1. The number of carbonyl (C=O) groups excluding carboxylic acids is 1. The van der Waals surface area contributed by atoms with E-state index in [4.69, 9.17) is 4.74 Å².